The summed E-state index contributed by atoms with van der Waals surface area (Å²) in [5.74, 6) is -2.01. The van der Waals surface area contributed by atoms with E-state index < -0.39 is 32.5 Å². The van der Waals surface area contributed by atoms with Crippen LogP contribution < -0.4 is 10.0 Å². The average molecular weight is 489 g/mol. The predicted octanol–water partition coefficient (Wildman–Crippen LogP) is 5.63. The van der Waals surface area contributed by atoms with Crippen molar-refractivity contribution in [2.45, 2.75) is 10.6 Å². The highest BCUT2D eigenvalue weighted by molar-refractivity contribution is 7.97. The summed E-state index contributed by atoms with van der Waals surface area (Å²) in [5.41, 5.74) is 2.02. The van der Waals surface area contributed by atoms with Crippen molar-refractivity contribution in [2.75, 3.05) is 16.3 Å². The van der Waals surface area contributed by atoms with Crippen LogP contribution in [0, 0.1) is 11.6 Å². The summed E-state index contributed by atoms with van der Waals surface area (Å²) in [7, 11) is -4.12. The summed E-state index contributed by atoms with van der Waals surface area (Å²) in [6, 6.07) is 15.6. The predicted molar refractivity (Wildman–Crippen MR) is 125 cm³/mol. The number of benzene rings is 3. The average Bonchev–Trinajstić information content (AvgIpc) is 3.16. The first-order valence-corrected chi connectivity index (χ1v) is 12.5. The molecule has 3 aromatic carbocycles. The first-order valence-electron chi connectivity index (χ1n) is 9.67. The van der Waals surface area contributed by atoms with Crippen molar-refractivity contribution >= 4 is 50.0 Å². The lowest BCUT2D eigenvalue weighted by molar-refractivity contribution is 0.0998. The lowest BCUT2D eigenvalue weighted by Crippen LogP contribution is -2.14. The molecule has 0 unspecified atom stereocenters. The van der Waals surface area contributed by atoms with E-state index in [0.29, 0.717) is 23.1 Å². The molecule has 6 nitrogen and oxygen atoms in total. The number of carbonyl (C=O) groups is 1. The smallest absolute Gasteiger partial charge is 0.291 e. The fourth-order valence-corrected chi connectivity index (χ4v) is 4.88. The van der Waals surface area contributed by atoms with Gasteiger partial charge in [-0.3, -0.25) is 9.52 Å². The van der Waals surface area contributed by atoms with Crippen molar-refractivity contribution in [1.82, 2.24) is 0 Å². The molecule has 0 aliphatic rings. The Bertz CT molecular complexity index is 1430. The molecule has 0 bridgehead atoms. The largest absolute Gasteiger partial charge is 0.451 e. The van der Waals surface area contributed by atoms with Crippen molar-refractivity contribution in [3.05, 3.63) is 89.7 Å². The molecule has 4 rings (SSSR count). The maximum absolute atomic E-state index is 13.4. The van der Waals surface area contributed by atoms with Crippen molar-refractivity contribution in [2.24, 2.45) is 0 Å². The van der Waals surface area contributed by atoms with E-state index in [1.165, 1.54) is 24.3 Å². The normalized spacial score (nSPS) is 11.5. The van der Waals surface area contributed by atoms with Gasteiger partial charge in [0.2, 0.25) is 0 Å². The van der Waals surface area contributed by atoms with Crippen LogP contribution in [0.4, 0.5) is 20.2 Å². The van der Waals surface area contributed by atoms with Crippen LogP contribution in [0.2, 0.25) is 0 Å². The van der Waals surface area contributed by atoms with Crippen LogP contribution in [0.1, 0.15) is 16.1 Å². The lowest BCUT2D eigenvalue weighted by atomic mass is 10.1. The van der Waals surface area contributed by atoms with E-state index in [4.69, 9.17) is 4.42 Å². The number of sulfonamides is 1. The van der Waals surface area contributed by atoms with E-state index in [2.05, 4.69) is 10.0 Å². The highest BCUT2D eigenvalue weighted by Crippen LogP contribution is 2.29. The van der Waals surface area contributed by atoms with Crippen molar-refractivity contribution in [3.63, 3.8) is 0 Å². The Balaban J connectivity index is 1.51. The standard InChI is InChI=1S/C23H18F2N2O4S2/c1-32-13-18-17-4-2-3-5-21(17)31-22(18)23(28)26-14-6-8-15(9-7-14)27-33(29,30)16-10-11-19(24)20(25)12-16/h2-12,27H,13H2,1H3,(H,26,28). The van der Waals surface area contributed by atoms with Gasteiger partial charge in [-0.05, 0) is 54.8 Å². The van der Waals surface area contributed by atoms with Gasteiger partial charge in [0.25, 0.3) is 15.9 Å². The Labute approximate surface area is 193 Å². The zero-order valence-corrected chi connectivity index (χ0v) is 18.9. The monoisotopic (exact) mass is 488 g/mol. The first-order chi connectivity index (χ1) is 15.8. The molecule has 0 saturated heterocycles. The fraction of sp³-hybridized carbons (Fsp3) is 0.0870. The number of carbonyl (C=O) groups excluding carboxylic acids is 1. The van der Waals surface area contributed by atoms with Crippen molar-refractivity contribution in [1.29, 1.82) is 0 Å². The summed E-state index contributed by atoms with van der Waals surface area (Å²) < 4.78 is 59.4. The second kappa shape index (κ2) is 9.24. The van der Waals surface area contributed by atoms with Crippen LogP contribution in [0.3, 0.4) is 0 Å². The zero-order chi connectivity index (χ0) is 23.6. The molecule has 1 heterocycles. The van der Waals surface area contributed by atoms with E-state index in [-0.39, 0.29) is 11.4 Å². The van der Waals surface area contributed by atoms with Gasteiger partial charge in [0.1, 0.15) is 5.58 Å². The molecule has 0 atom stereocenters. The van der Waals surface area contributed by atoms with E-state index in [1.54, 1.807) is 17.8 Å². The van der Waals surface area contributed by atoms with Crippen LogP contribution in [0.15, 0.2) is 76.0 Å². The number of halogens is 2. The molecule has 0 saturated carbocycles. The van der Waals surface area contributed by atoms with Crippen LogP contribution in [-0.2, 0) is 15.8 Å². The zero-order valence-electron chi connectivity index (χ0n) is 17.3. The molecular weight excluding hydrogens is 470 g/mol. The van der Waals surface area contributed by atoms with Gasteiger partial charge in [0.05, 0.1) is 4.90 Å². The number of thioether (sulfide) groups is 1. The summed E-state index contributed by atoms with van der Waals surface area (Å²) in [4.78, 5) is 12.4. The highest BCUT2D eigenvalue weighted by Gasteiger charge is 2.21. The SMILES string of the molecule is CSCc1c(C(=O)Nc2ccc(NS(=O)(=O)c3ccc(F)c(F)c3)cc2)oc2ccccc12. The number of hydrogen-bond acceptors (Lipinski definition) is 5. The van der Waals surface area contributed by atoms with Gasteiger partial charge in [-0.1, -0.05) is 18.2 Å². The summed E-state index contributed by atoms with van der Waals surface area (Å²) in [5, 5.41) is 3.62. The van der Waals surface area contributed by atoms with Crippen molar-refractivity contribution in [3.8, 4) is 0 Å². The van der Waals surface area contributed by atoms with E-state index >= 15 is 0 Å². The van der Waals surface area contributed by atoms with Crippen LogP contribution in [0.25, 0.3) is 11.0 Å². The third-order valence-electron chi connectivity index (χ3n) is 4.79. The maximum atomic E-state index is 13.4. The third kappa shape index (κ3) is 4.86. The molecule has 0 spiro atoms. The van der Waals surface area contributed by atoms with Crippen LogP contribution >= 0.6 is 11.8 Å². The molecule has 1 aromatic heterocycles. The quantitative estimate of drug-likeness (QED) is 0.352. The van der Waals surface area contributed by atoms with E-state index in [9.17, 15) is 22.0 Å². The number of anilines is 2. The summed E-state index contributed by atoms with van der Waals surface area (Å²) in [6.07, 6.45) is 1.93. The second-order valence-corrected chi connectivity index (χ2v) is 9.60. The molecule has 1 amide bonds. The number of fused-ring (bicyclic) bond motifs is 1. The van der Waals surface area contributed by atoms with Crippen LogP contribution in [-0.4, -0.2) is 20.6 Å². The molecule has 4 aromatic rings. The highest BCUT2D eigenvalue weighted by atomic mass is 32.2. The Morgan fingerprint density at radius 2 is 1.67 bits per heavy atom. The Kier molecular flexibility index (Phi) is 6.39. The minimum atomic E-state index is -4.12. The molecular formula is C23H18F2N2O4S2. The number of para-hydroxylation sites is 1. The van der Waals surface area contributed by atoms with Gasteiger partial charge in [-0.25, -0.2) is 17.2 Å². The summed E-state index contributed by atoms with van der Waals surface area (Å²) in [6.45, 7) is 0. The van der Waals surface area contributed by atoms with Crippen molar-refractivity contribution < 1.29 is 26.4 Å². The lowest BCUT2D eigenvalue weighted by Gasteiger charge is -2.10. The first kappa shape index (κ1) is 22.8. The number of hydrogen-bond donors (Lipinski definition) is 2. The Morgan fingerprint density at radius 1 is 0.970 bits per heavy atom. The number of furan rings is 1. The maximum Gasteiger partial charge on any atom is 0.291 e. The van der Waals surface area contributed by atoms with Gasteiger partial charge in [0.15, 0.2) is 17.4 Å². The van der Waals surface area contributed by atoms with E-state index in [0.717, 1.165) is 23.1 Å². The molecule has 0 radical (unpaired) electrons. The van der Waals surface area contributed by atoms with Crippen LogP contribution in [0.5, 0.6) is 0 Å². The number of rotatable bonds is 7. The van der Waals surface area contributed by atoms with Gasteiger partial charge < -0.3 is 9.73 Å². The minimum absolute atomic E-state index is 0.185. The molecule has 170 valence electrons. The Hall–Kier alpha value is -3.37. The minimum Gasteiger partial charge on any atom is -0.451 e. The Morgan fingerprint density at radius 3 is 2.36 bits per heavy atom. The third-order valence-corrected chi connectivity index (χ3v) is 6.75. The van der Waals surface area contributed by atoms with Gasteiger partial charge in [0, 0.05) is 28.1 Å². The molecule has 0 fully saturated rings. The summed E-state index contributed by atoms with van der Waals surface area (Å²) >= 11 is 1.57. The topological polar surface area (TPSA) is 88.4 Å². The number of amides is 1. The molecule has 0 aliphatic heterocycles. The molecule has 0 aliphatic carbocycles. The van der Waals surface area contributed by atoms with E-state index in [1.807, 2.05) is 24.5 Å². The van der Waals surface area contributed by atoms with Gasteiger partial charge in [-0.15, -0.1) is 0 Å². The van der Waals surface area contributed by atoms with Gasteiger partial charge in [-0.2, -0.15) is 11.8 Å². The number of nitrogens with one attached hydrogen (secondary N) is 2. The van der Waals surface area contributed by atoms with Gasteiger partial charge >= 0.3 is 0 Å². The molecule has 2 N–H and O–H groups in total. The second-order valence-electron chi connectivity index (χ2n) is 7.05. The molecule has 33 heavy (non-hydrogen) atoms. The molecule has 10 heteroatoms. The fourth-order valence-electron chi connectivity index (χ4n) is 3.24.